The highest BCUT2D eigenvalue weighted by molar-refractivity contribution is 7.99. The largest absolute Gasteiger partial charge is 0.347 e. The van der Waals surface area contributed by atoms with Gasteiger partial charge in [0.15, 0.2) is 0 Å². The van der Waals surface area contributed by atoms with Gasteiger partial charge in [0.1, 0.15) is 5.82 Å². The maximum absolute atomic E-state index is 13.4. The van der Waals surface area contributed by atoms with E-state index in [-0.39, 0.29) is 5.82 Å². The lowest BCUT2D eigenvalue weighted by Gasteiger charge is -2.43. The zero-order chi connectivity index (χ0) is 13.7. The monoisotopic (exact) mass is 287 g/mol. The highest BCUT2D eigenvalue weighted by atomic mass is 32.2. The van der Waals surface area contributed by atoms with Crippen LogP contribution in [0.15, 0.2) is 29.2 Å². The Balaban J connectivity index is 1.52. The number of halogens is 2. The molecule has 0 spiro atoms. The molecule has 0 N–H and O–H groups in total. The second-order valence-corrected chi connectivity index (χ2v) is 5.98. The Labute approximate surface area is 117 Å². The zero-order valence-corrected chi connectivity index (χ0v) is 11.9. The van der Waals surface area contributed by atoms with Gasteiger partial charge in [-0.05, 0) is 49.4 Å². The molecule has 2 nitrogen and oxygen atoms in total. The van der Waals surface area contributed by atoms with Gasteiger partial charge in [0.25, 0.3) is 0 Å². The predicted molar refractivity (Wildman–Crippen MR) is 73.6 cm³/mol. The molecule has 1 saturated heterocycles. The number of methoxy groups -OCH3 is 1. The lowest BCUT2D eigenvalue weighted by Crippen LogP contribution is -2.59. The van der Waals surface area contributed by atoms with Gasteiger partial charge >= 0.3 is 0 Å². The van der Waals surface area contributed by atoms with Crippen molar-refractivity contribution in [2.75, 3.05) is 32.5 Å². The van der Waals surface area contributed by atoms with E-state index >= 15 is 0 Å². The van der Waals surface area contributed by atoms with Crippen LogP contribution in [0.5, 0.6) is 0 Å². The molecule has 1 aromatic rings. The second-order valence-electron chi connectivity index (χ2n) is 4.81. The minimum atomic E-state index is -1.41. The van der Waals surface area contributed by atoms with Crippen LogP contribution in [-0.4, -0.2) is 43.3 Å². The SMILES string of the molecule is COC1(F)CN(CCCCSc2ccc(F)cc2)C1. The fourth-order valence-electron chi connectivity index (χ4n) is 2.07. The number of benzene rings is 1. The Morgan fingerprint density at radius 3 is 2.58 bits per heavy atom. The smallest absolute Gasteiger partial charge is 0.234 e. The highest BCUT2D eigenvalue weighted by Crippen LogP contribution is 2.26. The molecule has 0 bridgehead atoms. The molecule has 1 aliphatic heterocycles. The Hall–Kier alpha value is -0.650. The molecular weight excluding hydrogens is 268 g/mol. The summed E-state index contributed by atoms with van der Waals surface area (Å²) in [7, 11) is 1.41. The van der Waals surface area contributed by atoms with Gasteiger partial charge in [-0.25, -0.2) is 8.78 Å². The second kappa shape index (κ2) is 6.68. The molecule has 19 heavy (non-hydrogen) atoms. The van der Waals surface area contributed by atoms with Crippen molar-refractivity contribution in [1.82, 2.24) is 4.90 Å². The Morgan fingerprint density at radius 1 is 1.26 bits per heavy atom. The number of thioether (sulfide) groups is 1. The van der Waals surface area contributed by atoms with Crippen molar-refractivity contribution >= 4 is 11.8 Å². The lowest BCUT2D eigenvalue weighted by molar-refractivity contribution is -0.209. The molecule has 0 aromatic heterocycles. The normalized spacial score (nSPS) is 18.3. The lowest BCUT2D eigenvalue weighted by atomic mass is 10.1. The molecular formula is C14H19F2NOS. The van der Waals surface area contributed by atoms with E-state index in [0.29, 0.717) is 13.1 Å². The molecule has 0 unspecified atom stereocenters. The van der Waals surface area contributed by atoms with Crippen molar-refractivity contribution in [2.45, 2.75) is 23.6 Å². The Morgan fingerprint density at radius 2 is 1.95 bits per heavy atom. The maximum atomic E-state index is 13.4. The molecule has 0 radical (unpaired) electrons. The quantitative estimate of drug-likeness (QED) is 0.564. The Kier molecular flexibility index (Phi) is 5.19. The van der Waals surface area contributed by atoms with Gasteiger partial charge in [-0.1, -0.05) is 0 Å². The molecule has 0 amide bonds. The van der Waals surface area contributed by atoms with E-state index < -0.39 is 5.85 Å². The van der Waals surface area contributed by atoms with E-state index in [9.17, 15) is 8.78 Å². The summed E-state index contributed by atoms with van der Waals surface area (Å²) in [5.41, 5.74) is 0. The van der Waals surface area contributed by atoms with Crippen LogP contribution in [0.2, 0.25) is 0 Å². The van der Waals surface area contributed by atoms with Crippen molar-refractivity contribution in [2.24, 2.45) is 0 Å². The molecule has 0 atom stereocenters. The first kappa shape index (κ1) is 14.8. The third kappa shape index (κ3) is 4.44. The third-order valence-corrected chi connectivity index (χ3v) is 4.33. The summed E-state index contributed by atoms with van der Waals surface area (Å²) in [6, 6.07) is 6.55. The summed E-state index contributed by atoms with van der Waals surface area (Å²) in [6.07, 6.45) is 2.12. The van der Waals surface area contributed by atoms with Gasteiger partial charge in [-0.2, -0.15) is 0 Å². The predicted octanol–water partition coefficient (Wildman–Crippen LogP) is 3.33. The molecule has 1 fully saturated rings. The number of rotatable bonds is 7. The van der Waals surface area contributed by atoms with E-state index in [1.807, 2.05) is 0 Å². The van der Waals surface area contributed by atoms with Crippen LogP contribution >= 0.6 is 11.8 Å². The van der Waals surface area contributed by atoms with Crippen LogP contribution in [0.25, 0.3) is 0 Å². The van der Waals surface area contributed by atoms with E-state index in [4.69, 9.17) is 4.74 Å². The first-order valence-corrected chi connectivity index (χ1v) is 7.45. The van der Waals surface area contributed by atoms with Crippen molar-refractivity contribution < 1.29 is 13.5 Å². The third-order valence-electron chi connectivity index (χ3n) is 3.24. The number of alkyl halides is 1. The van der Waals surface area contributed by atoms with Crippen LogP contribution in [0.4, 0.5) is 8.78 Å². The van der Waals surface area contributed by atoms with Crippen LogP contribution in [-0.2, 0) is 4.74 Å². The number of ether oxygens (including phenoxy) is 1. The van der Waals surface area contributed by atoms with Crippen molar-refractivity contribution in [3.63, 3.8) is 0 Å². The van der Waals surface area contributed by atoms with Crippen LogP contribution in [0.1, 0.15) is 12.8 Å². The fourth-order valence-corrected chi connectivity index (χ4v) is 2.98. The molecule has 1 aliphatic rings. The minimum Gasteiger partial charge on any atom is -0.347 e. The molecule has 1 aromatic carbocycles. The highest BCUT2D eigenvalue weighted by Gasteiger charge is 2.43. The molecule has 0 aliphatic carbocycles. The summed E-state index contributed by atoms with van der Waals surface area (Å²) in [5, 5.41) is 0. The van der Waals surface area contributed by atoms with Crippen molar-refractivity contribution in [3.05, 3.63) is 30.1 Å². The summed E-state index contributed by atoms with van der Waals surface area (Å²) in [4.78, 5) is 3.15. The summed E-state index contributed by atoms with van der Waals surface area (Å²) in [6.45, 7) is 1.68. The number of hydrogen-bond donors (Lipinski definition) is 0. The molecule has 106 valence electrons. The average molecular weight is 287 g/mol. The van der Waals surface area contributed by atoms with Gasteiger partial charge in [-0.3, -0.25) is 4.90 Å². The fraction of sp³-hybridized carbons (Fsp3) is 0.571. The standard InChI is InChI=1S/C14H19F2NOS/c1-18-14(16)10-17(11-14)8-2-3-9-19-13-6-4-12(15)5-7-13/h4-7H,2-3,8-11H2,1H3. The molecule has 2 rings (SSSR count). The van der Waals surface area contributed by atoms with Crippen LogP contribution < -0.4 is 0 Å². The van der Waals surface area contributed by atoms with Crippen molar-refractivity contribution in [1.29, 1.82) is 0 Å². The summed E-state index contributed by atoms with van der Waals surface area (Å²) >= 11 is 1.73. The van der Waals surface area contributed by atoms with Gasteiger partial charge in [-0.15, -0.1) is 11.8 Å². The summed E-state index contributed by atoms with van der Waals surface area (Å²) < 4.78 is 30.9. The molecule has 1 heterocycles. The maximum Gasteiger partial charge on any atom is 0.234 e. The Bertz CT molecular complexity index is 393. The number of nitrogens with zero attached hydrogens (tertiary/aromatic N) is 1. The van der Waals surface area contributed by atoms with Crippen LogP contribution in [0.3, 0.4) is 0 Å². The van der Waals surface area contributed by atoms with Gasteiger partial charge in [0.05, 0.1) is 13.1 Å². The molecule has 5 heteroatoms. The van der Waals surface area contributed by atoms with Crippen molar-refractivity contribution in [3.8, 4) is 0 Å². The topological polar surface area (TPSA) is 12.5 Å². The van der Waals surface area contributed by atoms with Gasteiger partial charge < -0.3 is 4.74 Å². The molecule has 0 saturated carbocycles. The number of hydrogen-bond acceptors (Lipinski definition) is 3. The summed E-state index contributed by atoms with van der Waals surface area (Å²) in [5.74, 6) is -0.608. The van der Waals surface area contributed by atoms with E-state index in [1.54, 1.807) is 23.9 Å². The van der Waals surface area contributed by atoms with Crippen LogP contribution in [0, 0.1) is 5.82 Å². The first-order chi connectivity index (χ1) is 9.11. The van der Waals surface area contributed by atoms with E-state index in [1.165, 1.54) is 19.2 Å². The average Bonchev–Trinajstić information content (AvgIpc) is 2.38. The van der Waals surface area contributed by atoms with Gasteiger partial charge in [0.2, 0.25) is 5.85 Å². The van der Waals surface area contributed by atoms with E-state index in [2.05, 4.69) is 4.90 Å². The zero-order valence-electron chi connectivity index (χ0n) is 11.1. The number of unbranched alkanes of at least 4 members (excludes halogenated alkanes) is 1. The van der Waals surface area contributed by atoms with Gasteiger partial charge in [0, 0.05) is 12.0 Å². The minimum absolute atomic E-state index is 0.199. The van der Waals surface area contributed by atoms with E-state index in [0.717, 1.165) is 30.0 Å². The first-order valence-electron chi connectivity index (χ1n) is 6.46. The number of likely N-dealkylation sites (tertiary alicyclic amines) is 1.